The standard InChI is InChI=1S/C18H34N2O3Si/c1-4-21-24(22-5-2,23-6-3)16-18(14-19)12-13-20-15-17-10-8-7-9-11-17/h7-11,18,20H,4-6,12-16,19H2,1-3H3. The van der Waals surface area contributed by atoms with Gasteiger partial charge in [0.2, 0.25) is 0 Å². The Labute approximate surface area is 148 Å². The molecule has 1 rings (SSSR count). The topological polar surface area (TPSA) is 65.7 Å². The predicted molar refractivity (Wildman–Crippen MR) is 101 cm³/mol. The van der Waals surface area contributed by atoms with Gasteiger partial charge in [-0.1, -0.05) is 30.3 Å². The molecule has 138 valence electrons. The van der Waals surface area contributed by atoms with Crippen molar-refractivity contribution in [3.8, 4) is 0 Å². The van der Waals surface area contributed by atoms with Crippen LogP contribution < -0.4 is 11.1 Å². The first kappa shape index (κ1) is 21.3. The second-order valence-corrected chi connectivity index (χ2v) is 8.38. The molecule has 0 aliphatic carbocycles. The smallest absolute Gasteiger partial charge is 0.374 e. The summed E-state index contributed by atoms with van der Waals surface area (Å²) in [5.74, 6) is 0.338. The first-order chi connectivity index (χ1) is 11.7. The second-order valence-electron chi connectivity index (χ2n) is 5.74. The molecule has 1 aromatic rings. The molecule has 6 heteroatoms. The van der Waals surface area contributed by atoms with Gasteiger partial charge in [-0.15, -0.1) is 0 Å². The lowest BCUT2D eigenvalue weighted by Gasteiger charge is -2.31. The molecule has 0 fully saturated rings. The Balaban J connectivity index is 2.47. The molecule has 0 radical (unpaired) electrons. The minimum atomic E-state index is -2.61. The Morgan fingerprint density at radius 1 is 1.00 bits per heavy atom. The van der Waals surface area contributed by atoms with Crippen molar-refractivity contribution in [2.45, 2.75) is 39.8 Å². The van der Waals surface area contributed by atoms with Crippen LogP contribution in [-0.4, -0.2) is 41.7 Å². The van der Waals surface area contributed by atoms with Crippen molar-refractivity contribution in [2.75, 3.05) is 32.9 Å². The zero-order chi connectivity index (χ0) is 17.7. The van der Waals surface area contributed by atoms with Crippen LogP contribution in [-0.2, 0) is 19.8 Å². The Bertz CT molecular complexity index is 403. The summed E-state index contributed by atoms with van der Waals surface area (Å²) < 4.78 is 17.8. The third-order valence-corrected chi connectivity index (χ3v) is 7.13. The Hall–Kier alpha value is -0.763. The summed E-state index contributed by atoms with van der Waals surface area (Å²) in [7, 11) is -2.61. The van der Waals surface area contributed by atoms with E-state index in [1.165, 1.54) is 5.56 Å². The molecule has 0 aromatic heterocycles. The van der Waals surface area contributed by atoms with Crippen LogP contribution in [0.1, 0.15) is 32.8 Å². The van der Waals surface area contributed by atoms with E-state index in [1.807, 2.05) is 26.8 Å². The number of rotatable bonds is 14. The van der Waals surface area contributed by atoms with Gasteiger partial charge in [0.05, 0.1) is 0 Å². The van der Waals surface area contributed by atoms with Crippen LogP contribution in [0.5, 0.6) is 0 Å². The van der Waals surface area contributed by atoms with Crippen molar-refractivity contribution in [2.24, 2.45) is 11.7 Å². The normalized spacial score (nSPS) is 13.2. The van der Waals surface area contributed by atoms with Crippen LogP contribution in [0.15, 0.2) is 30.3 Å². The molecule has 0 amide bonds. The van der Waals surface area contributed by atoms with Crippen LogP contribution in [0, 0.1) is 5.92 Å². The third kappa shape index (κ3) is 7.87. The van der Waals surface area contributed by atoms with Gasteiger partial charge in [0.15, 0.2) is 0 Å². The van der Waals surface area contributed by atoms with Crippen molar-refractivity contribution in [3.05, 3.63) is 35.9 Å². The van der Waals surface area contributed by atoms with Gasteiger partial charge in [0.1, 0.15) is 0 Å². The van der Waals surface area contributed by atoms with Gasteiger partial charge >= 0.3 is 8.80 Å². The number of nitrogens with one attached hydrogen (secondary N) is 1. The van der Waals surface area contributed by atoms with Crippen LogP contribution in [0.3, 0.4) is 0 Å². The molecule has 0 heterocycles. The van der Waals surface area contributed by atoms with Crippen LogP contribution in [0.2, 0.25) is 6.04 Å². The molecule has 3 N–H and O–H groups in total. The zero-order valence-electron chi connectivity index (χ0n) is 15.4. The fourth-order valence-corrected chi connectivity index (χ4v) is 5.75. The zero-order valence-corrected chi connectivity index (χ0v) is 16.4. The Kier molecular flexibility index (Phi) is 11.2. The Morgan fingerprint density at radius 2 is 1.58 bits per heavy atom. The van der Waals surface area contributed by atoms with Crippen LogP contribution in [0.4, 0.5) is 0 Å². The lowest BCUT2D eigenvalue weighted by atomic mass is 10.1. The van der Waals surface area contributed by atoms with Gasteiger partial charge in [0.25, 0.3) is 0 Å². The first-order valence-corrected chi connectivity index (χ1v) is 11.0. The lowest BCUT2D eigenvalue weighted by Crippen LogP contribution is -2.48. The summed E-state index contributed by atoms with van der Waals surface area (Å²) >= 11 is 0. The van der Waals surface area contributed by atoms with Gasteiger partial charge in [-0.3, -0.25) is 0 Å². The molecule has 0 aliphatic heterocycles. The van der Waals surface area contributed by atoms with E-state index >= 15 is 0 Å². The van der Waals surface area contributed by atoms with E-state index in [0.29, 0.717) is 32.3 Å². The quantitative estimate of drug-likeness (QED) is 0.397. The van der Waals surface area contributed by atoms with Crippen molar-refractivity contribution in [1.29, 1.82) is 0 Å². The van der Waals surface area contributed by atoms with Gasteiger partial charge in [-0.25, -0.2) is 0 Å². The van der Waals surface area contributed by atoms with Gasteiger partial charge in [-0.2, -0.15) is 0 Å². The maximum absolute atomic E-state index is 5.99. The average Bonchev–Trinajstić information content (AvgIpc) is 2.59. The fourth-order valence-electron chi connectivity index (χ4n) is 2.75. The summed E-state index contributed by atoms with van der Waals surface area (Å²) in [6.07, 6.45) is 0.991. The molecule has 5 nitrogen and oxygen atoms in total. The molecule has 0 bridgehead atoms. The monoisotopic (exact) mass is 354 g/mol. The largest absolute Gasteiger partial charge is 0.501 e. The van der Waals surface area contributed by atoms with Gasteiger partial charge < -0.3 is 24.3 Å². The highest BCUT2D eigenvalue weighted by molar-refractivity contribution is 6.60. The maximum atomic E-state index is 5.99. The number of nitrogens with two attached hydrogens (primary N) is 1. The second kappa shape index (κ2) is 12.6. The lowest BCUT2D eigenvalue weighted by molar-refractivity contribution is 0.0669. The van der Waals surface area contributed by atoms with E-state index in [4.69, 9.17) is 19.0 Å². The van der Waals surface area contributed by atoms with E-state index in [0.717, 1.165) is 25.6 Å². The van der Waals surface area contributed by atoms with E-state index in [-0.39, 0.29) is 0 Å². The molecular formula is C18H34N2O3Si. The van der Waals surface area contributed by atoms with E-state index in [9.17, 15) is 0 Å². The minimum absolute atomic E-state index is 0.338. The van der Waals surface area contributed by atoms with Crippen LogP contribution in [0.25, 0.3) is 0 Å². The summed E-state index contributed by atoms with van der Waals surface area (Å²) in [5, 5.41) is 3.49. The van der Waals surface area contributed by atoms with Crippen molar-refractivity contribution >= 4 is 8.80 Å². The van der Waals surface area contributed by atoms with Crippen molar-refractivity contribution in [3.63, 3.8) is 0 Å². The van der Waals surface area contributed by atoms with Crippen molar-refractivity contribution < 1.29 is 13.3 Å². The fraction of sp³-hybridized carbons (Fsp3) is 0.667. The third-order valence-electron chi connectivity index (χ3n) is 3.87. The molecule has 0 saturated carbocycles. The first-order valence-electron chi connectivity index (χ1n) is 9.06. The number of hydrogen-bond acceptors (Lipinski definition) is 5. The van der Waals surface area contributed by atoms with E-state index in [2.05, 4.69) is 29.6 Å². The highest BCUT2D eigenvalue weighted by atomic mass is 28.4. The highest BCUT2D eigenvalue weighted by Gasteiger charge is 2.42. The number of benzene rings is 1. The van der Waals surface area contributed by atoms with Crippen LogP contribution >= 0.6 is 0 Å². The summed E-state index contributed by atoms with van der Waals surface area (Å²) in [4.78, 5) is 0. The minimum Gasteiger partial charge on any atom is -0.374 e. The molecular weight excluding hydrogens is 320 g/mol. The SMILES string of the molecule is CCO[Si](CC(CN)CCNCc1ccccc1)(OCC)OCC. The van der Waals surface area contributed by atoms with Gasteiger partial charge in [-0.05, 0) is 51.8 Å². The maximum Gasteiger partial charge on any atom is 0.501 e. The molecule has 0 spiro atoms. The molecule has 0 saturated heterocycles. The summed E-state index contributed by atoms with van der Waals surface area (Å²) in [5.41, 5.74) is 7.28. The molecule has 1 atom stereocenters. The van der Waals surface area contributed by atoms with Crippen molar-refractivity contribution in [1.82, 2.24) is 5.32 Å². The predicted octanol–water partition coefficient (Wildman–Crippen LogP) is 2.79. The van der Waals surface area contributed by atoms with E-state index < -0.39 is 8.80 Å². The highest BCUT2D eigenvalue weighted by Crippen LogP contribution is 2.23. The molecule has 1 unspecified atom stereocenters. The molecule has 0 aliphatic rings. The summed E-state index contributed by atoms with van der Waals surface area (Å²) in [6.45, 7) is 10.2. The molecule has 1 aromatic carbocycles. The summed E-state index contributed by atoms with van der Waals surface area (Å²) in [6, 6.07) is 11.2. The molecule has 24 heavy (non-hydrogen) atoms. The van der Waals surface area contributed by atoms with E-state index in [1.54, 1.807) is 0 Å². The average molecular weight is 355 g/mol. The van der Waals surface area contributed by atoms with Gasteiger partial charge in [0, 0.05) is 32.4 Å². The Morgan fingerprint density at radius 3 is 2.08 bits per heavy atom. The number of hydrogen-bond donors (Lipinski definition) is 2.